The fourth-order valence-electron chi connectivity index (χ4n) is 2.79. The number of carbonyl (C=O) groups is 1. The van der Waals surface area contributed by atoms with Gasteiger partial charge in [-0.05, 0) is 54.8 Å². The molecule has 1 aromatic heterocycles. The monoisotopic (exact) mass is 292 g/mol. The van der Waals surface area contributed by atoms with E-state index >= 15 is 0 Å². The SMILES string of the molecule is Cc1cc(C(=O)C2CCCc3sccc32)c(F)cc1F. The van der Waals surface area contributed by atoms with Gasteiger partial charge < -0.3 is 0 Å². The Hall–Kier alpha value is -1.55. The summed E-state index contributed by atoms with van der Waals surface area (Å²) in [7, 11) is 0. The number of carbonyl (C=O) groups excluding carboxylic acids is 1. The van der Waals surface area contributed by atoms with Crippen LogP contribution in [0.4, 0.5) is 8.78 Å². The molecule has 1 heterocycles. The van der Waals surface area contributed by atoms with Gasteiger partial charge in [0.25, 0.3) is 0 Å². The van der Waals surface area contributed by atoms with Gasteiger partial charge in [-0.15, -0.1) is 11.3 Å². The summed E-state index contributed by atoms with van der Waals surface area (Å²) in [4.78, 5) is 13.8. The lowest BCUT2D eigenvalue weighted by molar-refractivity contribution is 0.0947. The van der Waals surface area contributed by atoms with Gasteiger partial charge in [-0.1, -0.05) is 0 Å². The molecule has 3 rings (SSSR count). The number of benzene rings is 1. The average molecular weight is 292 g/mol. The number of fused-ring (bicyclic) bond motifs is 1. The van der Waals surface area contributed by atoms with Gasteiger partial charge in [-0.2, -0.15) is 0 Å². The van der Waals surface area contributed by atoms with Crippen molar-refractivity contribution in [1.29, 1.82) is 0 Å². The van der Waals surface area contributed by atoms with Crippen LogP contribution in [0.3, 0.4) is 0 Å². The van der Waals surface area contributed by atoms with Gasteiger partial charge in [0.1, 0.15) is 11.6 Å². The molecule has 0 saturated carbocycles. The maximum atomic E-state index is 13.9. The molecule has 0 fully saturated rings. The number of ketones is 1. The lowest BCUT2D eigenvalue weighted by Crippen LogP contribution is -2.18. The lowest BCUT2D eigenvalue weighted by atomic mass is 9.82. The van der Waals surface area contributed by atoms with Gasteiger partial charge in [-0.25, -0.2) is 8.78 Å². The summed E-state index contributed by atoms with van der Waals surface area (Å²) in [6.07, 6.45) is 2.66. The van der Waals surface area contributed by atoms with Crippen LogP contribution in [-0.2, 0) is 6.42 Å². The first-order valence-corrected chi connectivity index (χ1v) is 7.52. The van der Waals surface area contributed by atoms with Crippen LogP contribution in [0.1, 0.15) is 45.1 Å². The van der Waals surface area contributed by atoms with Gasteiger partial charge >= 0.3 is 0 Å². The summed E-state index contributed by atoms with van der Waals surface area (Å²) in [6.45, 7) is 1.54. The highest BCUT2D eigenvalue weighted by Crippen LogP contribution is 2.37. The number of thiophene rings is 1. The van der Waals surface area contributed by atoms with Crippen molar-refractivity contribution in [3.63, 3.8) is 0 Å². The number of hydrogen-bond donors (Lipinski definition) is 0. The van der Waals surface area contributed by atoms with E-state index in [0.717, 1.165) is 30.9 Å². The van der Waals surface area contributed by atoms with E-state index in [0.29, 0.717) is 5.56 Å². The molecule has 20 heavy (non-hydrogen) atoms. The number of Topliss-reactive ketones (excluding diaryl/α,β-unsaturated/α-hetero) is 1. The van der Waals surface area contributed by atoms with Gasteiger partial charge in [0, 0.05) is 16.9 Å². The number of halogens is 2. The first-order chi connectivity index (χ1) is 9.58. The highest BCUT2D eigenvalue weighted by Gasteiger charge is 2.29. The van der Waals surface area contributed by atoms with Crippen molar-refractivity contribution in [2.75, 3.05) is 0 Å². The van der Waals surface area contributed by atoms with Crippen LogP contribution in [0.15, 0.2) is 23.6 Å². The Morgan fingerprint density at radius 2 is 2.10 bits per heavy atom. The van der Waals surface area contributed by atoms with E-state index in [1.54, 1.807) is 18.3 Å². The predicted octanol–water partition coefficient (Wildman–Crippen LogP) is 4.64. The third-order valence-corrected chi connectivity index (χ3v) is 4.88. The summed E-state index contributed by atoms with van der Waals surface area (Å²) in [5.74, 6) is -1.89. The predicted molar refractivity (Wildman–Crippen MR) is 75.4 cm³/mol. The number of rotatable bonds is 2. The van der Waals surface area contributed by atoms with Crippen LogP contribution in [0.2, 0.25) is 0 Å². The fourth-order valence-corrected chi connectivity index (χ4v) is 3.78. The second-order valence-corrected chi connectivity index (χ2v) is 6.19. The first-order valence-electron chi connectivity index (χ1n) is 6.64. The highest BCUT2D eigenvalue weighted by molar-refractivity contribution is 7.10. The quantitative estimate of drug-likeness (QED) is 0.737. The summed E-state index contributed by atoms with van der Waals surface area (Å²) < 4.78 is 27.2. The molecule has 0 N–H and O–H groups in total. The van der Waals surface area contributed by atoms with Crippen LogP contribution in [-0.4, -0.2) is 5.78 Å². The first kappa shape index (κ1) is 13.4. The topological polar surface area (TPSA) is 17.1 Å². The second-order valence-electron chi connectivity index (χ2n) is 5.19. The van der Waals surface area contributed by atoms with Crippen molar-refractivity contribution >= 4 is 17.1 Å². The minimum atomic E-state index is -0.763. The Bertz CT molecular complexity index is 675. The van der Waals surface area contributed by atoms with Crippen molar-refractivity contribution in [2.24, 2.45) is 0 Å². The fraction of sp³-hybridized carbons (Fsp3) is 0.312. The maximum absolute atomic E-state index is 13.9. The van der Waals surface area contributed by atoms with E-state index in [2.05, 4.69) is 0 Å². The van der Waals surface area contributed by atoms with E-state index < -0.39 is 11.6 Å². The van der Waals surface area contributed by atoms with E-state index in [4.69, 9.17) is 0 Å². The van der Waals surface area contributed by atoms with Crippen LogP contribution >= 0.6 is 11.3 Å². The zero-order chi connectivity index (χ0) is 14.3. The van der Waals surface area contributed by atoms with E-state index in [1.807, 2.05) is 11.4 Å². The number of hydrogen-bond acceptors (Lipinski definition) is 2. The smallest absolute Gasteiger partial charge is 0.173 e. The zero-order valence-electron chi connectivity index (χ0n) is 11.1. The molecule has 0 radical (unpaired) electrons. The van der Waals surface area contributed by atoms with Gasteiger partial charge in [-0.3, -0.25) is 4.79 Å². The molecule has 1 aromatic carbocycles. The average Bonchev–Trinajstić information content (AvgIpc) is 2.90. The van der Waals surface area contributed by atoms with Crippen molar-refractivity contribution in [2.45, 2.75) is 32.1 Å². The van der Waals surface area contributed by atoms with Gasteiger partial charge in [0.15, 0.2) is 5.78 Å². The maximum Gasteiger partial charge on any atom is 0.173 e. The summed E-state index contributed by atoms with van der Waals surface area (Å²) in [5.41, 5.74) is 1.33. The van der Waals surface area contributed by atoms with Crippen molar-refractivity contribution in [3.8, 4) is 0 Å². The molecule has 0 saturated heterocycles. The van der Waals surface area contributed by atoms with E-state index in [1.165, 1.54) is 10.9 Å². The molecule has 1 atom stereocenters. The molecular formula is C16H14F2OS. The molecule has 104 valence electrons. The van der Waals surface area contributed by atoms with Crippen molar-refractivity contribution in [3.05, 3.63) is 56.8 Å². The van der Waals surface area contributed by atoms with Crippen LogP contribution in [0.5, 0.6) is 0 Å². The molecule has 1 aliphatic rings. The Kier molecular flexibility index (Phi) is 3.42. The van der Waals surface area contributed by atoms with E-state index in [9.17, 15) is 13.6 Å². The number of aryl methyl sites for hydroxylation is 2. The molecule has 2 aromatic rings. The highest BCUT2D eigenvalue weighted by atomic mass is 32.1. The molecule has 0 bridgehead atoms. The molecule has 1 unspecified atom stereocenters. The molecule has 0 amide bonds. The Balaban J connectivity index is 2.01. The summed E-state index contributed by atoms with van der Waals surface area (Å²) >= 11 is 1.65. The lowest BCUT2D eigenvalue weighted by Gasteiger charge is -2.21. The minimum Gasteiger partial charge on any atom is -0.293 e. The van der Waals surface area contributed by atoms with Crippen molar-refractivity contribution in [1.82, 2.24) is 0 Å². The molecule has 1 aliphatic carbocycles. The Morgan fingerprint density at radius 3 is 2.90 bits per heavy atom. The Morgan fingerprint density at radius 1 is 1.30 bits per heavy atom. The second kappa shape index (κ2) is 5.09. The van der Waals surface area contributed by atoms with Crippen LogP contribution in [0, 0.1) is 18.6 Å². The third kappa shape index (κ3) is 2.18. The molecule has 4 heteroatoms. The molecule has 0 spiro atoms. The molecular weight excluding hydrogens is 278 g/mol. The normalized spacial score (nSPS) is 17.9. The third-order valence-electron chi connectivity index (χ3n) is 3.88. The molecule has 1 nitrogen and oxygen atoms in total. The van der Waals surface area contributed by atoms with Gasteiger partial charge in [0.05, 0.1) is 5.56 Å². The van der Waals surface area contributed by atoms with Crippen molar-refractivity contribution < 1.29 is 13.6 Å². The molecule has 0 aliphatic heterocycles. The minimum absolute atomic E-state index is 0.00736. The zero-order valence-corrected chi connectivity index (χ0v) is 11.9. The summed E-state index contributed by atoms with van der Waals surface area (Å²) in [5, 5.41) is 1.97. The summed E-state index contributed by atoms with van der Waals surface area (Å²) in [6, 6.07) is 4.09. The van der Waals surface area contributed by atoms with Gasteiger partial charge in [0.2, 0.25) is 0 Å². The van der Waals surface area contributed by atoms with Crippen LogP contribution < -0.4 is 0 Å². The largest absolute Gasteiger partial charge is 0.293 e. The van der Waals surface area contributed by atoms with Crippen LogP contribution in [0.25, 0.3) is 0 Å². The Labute approximate surface area is 120 Å². The standard InChI is InChI=1S/C16H14F2OS/c1-9-7-12(14(18)8-13(9)17)16(19)11-3-2-4-15-10(11)5-6-20-15/h5-8,11H,2-4H2,1H3. The van der Waals surface area contributed by atoms with E-state index in [-0.39, 0.29) is 17.3 Å².